The van der Waals surface area contributed by atoms with Crippen LogP contribution in [-0.4, -0.2) is 0 Å². The van der Waals surface area contributed by atoms with E-state index in [0.717, 1.165) is 5.56 Å². The van der Waals surface area contributed by atoms with E-state index < -0.39 is 0 Å². The number of benzene rings is 2. The van der Waals surface area contributed by atoms with Crippen LogP contribution in [0.3, 0.4) is 0 Å². The molecule has 0 heterocycles. The molecule has 0 amide bonds. The summed E-state index contributed by atoms with van der Waals surface area (Å²) in [6.07, 6.45) is 2.47. The van der Waals surface area contributed by atoms with E-state index in [4.69, 9.17) is 23.2 Å². The lowest BCUT2D eigenvalue weighted by Gasteiger charge is -2.08. The van der Waals surface area contributed by atoms with Crippen molar-refractivity contribution >= 4 is 23.2 Å². The SMILES string of the molecule is C=CCc1ccc(F)c(-c2ccc(Cl)cc2Cl)c1. The number of hydrogen-bond donors (Lipinski definition) is 0. The molecule has 0 saturated heterocycles. The highest BCUT2D eigenvalue weighted by Gasteiger charge is 2.10. The third-order valence-corrected chi connectivity index (χ3v) is 3.18. The zero-order chi connectivity index (χ0) is 13.1. The largest absolute Gasteiger partial charge is 0.206 e. The van der Waals surface area contributed by atoms with Crippen LogP contribution in [0.25, 0.3) is 11.1 Å². The van der Waals surface area contributed by atoms with Crippen molar-refractivity contribution in [3.05, 3.63) is 70.5 Å². The molecule has 0 aliphatic rings. The number of rotatable bonds is 3. The summed E-state index contributed by atoms with van der Waals surface area (Å²) in [4.78, 5) is 0. The summed E-state index contributed by atoms with van der Waals surface area (Å²) < 4.78 is 13.9. The lowest BCUT2D eigenvalue weighted by molar-refractivity contribution is 0.631. The molecule has 18 heavy (non-hydrogen) atoms. The van der Waals surface area contributed by atoms with Crippen molar-refractivity contribution in [2.24, 2.45) is 0 Å². The highest BCUT2D eigenvalue weighted by molar-refractivity contribution is 6.36. The molecule has 2 aromatic rings. The van der Waals surface area contributed by atoms with Crippen molar-refractivity contribution in [1.29, 1.82) is 0 Å². The Morgan fingerprint density at radius 3 is 2.50 bits per heavy atom. The molecule has 0 aromatic heterocycles. The average molecular weight is 281 g/mol. The van der Waals surface area contributed by atoms with E-state index in [0.29, 0.717) is 27.6 Å². The van der Waals surface area contributed by atoms with Crippen LogP contribution in [0.15, 0.2) is 49.1 Å². The summed E-state index contributed by atoms with van der Waals surface area (Å²) in [6, 6.07) is 10.00. The normalized spacial score (nSPS) is 10.4. The first-order valence-electron chi connectivity index (χ1n) is 5.46. The maximum absolute atomic E-state index is 13.9. The molecule has 0 nitrogen and oxygen atoms in total. The Bertz CT molecular complexity index is 591. The van der Waals surface area contributed by atoms with Gasteiger partial charge in [-0.3, -0.25) is 0 Å². The summed E-state index contributed by atoms with van der Waals surface area (Å²) in [5, 5.41) is 0.976. The van der Waals surface area contributed by atoms with Gasteiger partial charge in [0, 0.05) is 21.2 Å². The first-order chi connectivity index (χ1) is 8.61. The molecule has 0 bridgehead atoms. The minimum Gasteiger partial charge on any atom is -0.206 e. The van der Waals surface area contributed by atoms with E-state index in [-0.39, 0.29) is 5.82 Å². The number of hydrogen-bond acceptors (Lipinski definition) is 0. The maximum Gasteiger partial charge on any atom is 0.131 e. The molecule has 0 spiro atoms. The topological polar surface area (TPSA) is 0 Å². The van der Waals surface area contributed by atoms with Crippen LogP contribution in [0.5, 0.6) is 0 Å². The fourth-order valence-corrected chi connectivity index (χ4v) is 2.29. The second kappa shape index (κ2) is 5.55. The van der Waals surface area contributed by atoms with E-state index in [1.807, 2.05) is 0 Å². The fraction of sp³-hybridized carbons (Fsp3) is 0.0667. The van der Waals surface area contributed by atoms with Gasteiger partial charge in [-0.05, 0) is 36.2 Å². The second-order valence-corrected chi connectivity index (χ2v) is 4.77. The smallest absolute Gasteiger partial charge is 0.131 e. The standard InChI is InChI=1S/C15H11Cl2F/c1-2-3-10-4-7-15(18)13(8-10)12-6-5-11(16)9-14(12)17/h2,4-9H,1,3H2. The molecule has 0 atom stereocenters. The summed E-state index contributed by atoms with van der Waals surface area (Å²) in [5.74, 6) is -0.299. The molecular formula is C15H11Cl2F. The van der Waals surface area contributed by atoms with Crippen LogP contribution >= 0.6 is 23.2 Å². The van der Waals surface area contributed by atoms with Gasteiger partial charge in [0.2, 0.25) is 0 Å². The average Bonchev–Trinajstić information content (AvgIpc) is 2.33. The molecule has 0 aliphatic carbocycles. The maximum atomic E-state index is 13.9. The van der Waals surface area contributed by atoms with Gasteiger partial charge in [0.15, 0.2) is 0 Å². The Morgan fingerprint density at radius 2 is 1.83 bits per heavy atom. The zero-order valence-corrected chi connectivity index (χ0v) is 11.1. The van der Waals surface area contributed by atoms with Gasteiger partial charge in [0.25, 0.3) is 0 Å². The van der Waals surface area contributed by atoms with E-state index in [9.17, 15) is 4.39 Å². The van der Waals surface area contributed by atoms with Crippen LogP contribution in [0, 0.1) is 5.82 Å². The van der Waals surface area contributed by atoms with E-state index >= 15 is 0 Å². The lowest BCUT2D eigenvalue weighted by Crippen LogP contribution is -1.89. The lowest BCUT2D eigenvalue weighted by atomic mass is 10.0. The molecule has 2 aromatic carbocycles. The van der Waals surface area contributed by atoms with Gasteiger partial charge < -0.3 is 0 Å². The van der Waals surface area contributed by atoms with Crippen LogP contribution < -0.4 is 0 Å². The van der Waals surface area contributed by atoms with Crippen molar-refractivity contribution in [3.63, 3.8) is 0 Å². The van der Waals surface area contributed by atoms with Crippen molar-refractivity contribution < 1.29 is 4.39 Å². The molecule has 0 aliphatic heterocycles. The van der Waals surface area contributed by atoms with Crippen LogP contribution in [0.1, 0.15) is 5.56 Å². The summed E-state index contributed by atoms with van der Waals surface area (Å²) in [6.45, 7) is 3.67. The first kappa shape index (κ1) is 13.1. The quantitative estimate of drug-likeness (QED) is 0.649. The zero-order valence-electron chi connectivity index (χ0n) is 9.59. The molecule has 92 valence electrons. The monoisotopic (exact) mass is 280 g/mol. The Labute approximate surface area is 116 Å². The Hall–Kier alpha value is -1.31. The molecule has 0 radical (unpaired) electrons. The highest BCUT2D eigenvalue weighted by atomic mass is 35.5. The highest BCUT2D eigenvalue weighted by Crippen LogP contribution is 2.32. The van der Waals surface area contributed by atoms with Gasteiger partial charge in [0.05, 0.1) is 0 Å². The van der Waals surface area contributed by atoms with E-state index in [1.165, 1.54) is 6.07 Å². The van der Waals surface area contributed by atoms with Crippen LogP contribution in [0.4, 0.5) is 4.39 Å². The Balaban J connectivity index is 2.55. The number of halogens is 3. The molecule has 0 unspecified atom stereocenters. The Morgan fingerprint density at radius 1 is 1.06 bits per heavy atom. The van der Waals surface area contributed by atoms with Crippen LogP contribution in [-0.2, 0) is 6.42 Å². The predicted octanol–water partition coefficient (Wildman–Crippen LogP) is 5.53. The molecule has 0 saturated carbocycles. The van der Waals surface area contributed by atoms with Gasteiger partial charge in [-0.25, -0.2) is 4.39 Å². The number of allylic oxidation sites excluding steroid dienone is 1. The van der Waals surface area contributed by atoms with E-state index in [2.05, 4.69) is 6.58 Å². The minimum atomic E-state index is -0.299. The third kappa shape index (κ3) is 2.74. The van der Waals surface area contributed by atoms with Gasteiger partial charge in [0.1, 0.15) is 5.82 Å². The third-order valence-electron chi connectivity index (χ3n) is 2.63. The summed E-state index contributed by atoms with van der Waals surface area (Å²) in [5.41, 5.74) is 2.12. The van der Waals surface area contributed by atoms with Gasteiger partial charge in [-0.2, -0.15) is 0 Å². The van der Waals surface area contributed by atoms with Gasteiger partial charge in [-0.15, -0.1) is 6.58 Å². The molecule has 0 N–H and O–H groups in total. The fourth-order valence-electron chi connectivity index (χ4n) is 1.78. The van der Waals surface area contributed by atoms with Gasteiger partial charge in [-0.1, -0.05) is 41.4 Å². The minimum absolute atomic E-state index is 0.299. The van der Waals surface area contributed by atoms with Crippen LogP contribution in [0.2, 0.25) is 10.0 Å². The summed E-state index contributed by atoms with van der Waals surface area (Å²) in [7, 11) is 0. The van der Waals surface area contributed by atoms with Crippen molar-refractivity contribution in [2.75, 3.05) is 0 Å². The molecule has 3 heteroatoms. The molecule has 2 rings (SSSR count). The van der Waals surface area contributed by atoms with Crippen molar-refractivity contribution in [1.82, 2.24) is 0 Å². The summed E-state index contributed by atoms with van der Waals surface area (Å²) >= 11 is 11.9. The second-order valence-electron chi connectivity index (χ2n) is 3.93. The molecular weight excluding hydrogens is 270 g/mol. The predicted molar refractivity (Wildman–Crippen MR) is 75.8 cm³/mol. The Kier molecular flexibility index (Phi) is 4.05. The van der Waals surface area contributed by atoms with Crippen molar-refractivity contribution in [3.8, 4) is 11.1 Å². The first-order valence-corrected chi connectivity index (χ1v) is 6.22. The molecule has 0 fully saturated rings. The van der Waals surface area contributed by atoms with Gasteiger partial charge >= 0.3 is 0 Å². The van der Waals surface area contributed by atoms with Crippen molar-refractivity contribution in [2.45, 2.75) is 6.42 Å². The van der Waals surface area contributed by atoms with E-state index in [1.54, 1.807) is 36.4 Å².